The number of halogens is 2. The Morgan fingerprint density at radius 2 is 2.07 bits per heavy atom. The first-order chi connectivity index (χ1) is 12.7. The van der Waals surface area contributed by atoms with E-state index in [2.05, 4.69) is 10.2 Å². The number of nitrogens with zero attached hydrogens (tertiary/aromatic N) is 2. The van der Waals surface area contributed by atoms with Crippen molar-refractivity contribution in [2.75, 3.05) is 50.0 Å². The van der Waals surface area contributed by atoms with E-state index in [1.807, 2.05) is 0 Å². The summed E-state index contributed by atoms with van der Waals surface area (Å²) in [6.45, 7) is 5.71. The lowest BCUT2D eigenvalue weighted by Gasteiger charge is -2.31. The van der Waals surface area contributed by atoms with Gasteiger partial charge in [0.2, 0.25) is 15.9 Å². The summed E-state index contributed by atoms with van der Waals surface area (Å²) in [5, 5.41) is 2.59. The first-order valence-electron chi connectivity index (χ1n) is 8.76. The van der Waals surface area contributed by atoms with Crippen molar-refractivity contribution in [1.29, 1.82) is 0 Å². The molecule has 1 aromatic rings. The fourth-order valence-electron chi connectivity index (χ4n) is 2.96. The van der Waals surface area contributed by atoms with E-state index in [9.17, 15) is 17.6 Å². The van der Waals surface area contributed by atoms with E-state index < -0.39 is 27.8 Å². The zero-order valence-corrected chi connectivity index (χ0v) is 17.0. The molecule has 0 spiro atoms. The van der Waals surface area contributed by atoms with E-state index in [4.69, 9.17) is 16.3 Å². The minimum absolute atomic E-state index is 0.152. The van der Waals surface area contributed by atoms with Crippen LogP contribution in [0.1, 0.15) is 13.3 Å². The highest BCUT2D eigenvalue weighted by Crippen LogP contribution is 2.27. The highest BCUT2D eigenvalue weighted by Gasteiger charge is 2.31. The van der Waals surface area contributed by atoms with Gasteiger partial charge < -0.3 is 10.1 Å². The molecular weight excluding hydrogens is 397 g/mol. The van der Waals surface area contributed by atoms with Gasteiger partial charge in [-0.25, -0.2) is 12.8 Å². The van der Waals surface area contributed by atoms with E-state index in [0.717, 1.165) is 29.7 Å². The topological polar surface area (TPSA) is 79.0 Å². The molecule has 1 amide bonds. The molecule has 1 N–H and O–H groups in total. The van der Waals surface area contributed by atoms with Gasteiger partial charge in [-0.05, 0) is 24.6 Å². The highest BCUT2D eigenvalue weighted by atomic mass is 35.5. The van der Waals surface area contributed by atoms with Gasteiger partial charge in [0.15, 0.2) is 0 Å². The van der Waals surface area contributed by atoms with Crippen LogP contribution in [0.2, 0.25) is 5.02 Å². The van der Waals surface area contributed by atoms with Crippen molar-refractivity contribution >= 4 is 33.2 Å². The number of carbonyl (C=O) groups is 1. The van der Waals surface area contributed by atoms with Crippen LogP contribution in [0.4, 0.5) is 10.1 Å². The Labute approximate surface area is 164 Å². The normalized spacial score (nSPS) is 16.7. The molecule has 1 aliphatic rings. The lowest BCUT2D eigenvalue weighted by atomic mass is 10.2. The molecule has 10 heteroatoms. The van der Waals surface area contributed by atoms with Gasteiger partial charge >= 0.3 is 0 Å². The second kappa shape index (κ2) is 9.68. The van der Waals surface area contributed by atoms with Crippen molar-refractivity contribution in [2.24, 2.45) is 0 Å². The number of sulfonamides is 1. The molecule has 0 aliphatic carbocycles. The number of carbonyl (C=O) groups excluding carboxylic acids is 1. The van der Waals surface area contributed by atoms with Crippen molar-refractivity contribution in [1.82, 2.24) is 10.2 Å². The third-order valence-electron chi connectivity index (χ3n) is 4.32. The molecule has 0 radical (unpaired) electrons. The summed E-state index contributed by atoms with van der Waals surface area (Å²) in [6, 6.07) is 2.64. The van der Waals surface area contributed by atoms with Crippen molar-refractivity contribution < 1.29 is 22.3 Å². The molecule has 152 valence electrons. The predicted octanol–water partition coefficient (Wildman–Crippen LogP) is 1.47. The predicted molar refractivity (Wildman–Crippen MR) is 103 cm³/mol. The average molecular weight is 422 g/mol. The third kappa shape index (κ3) is 6.03. The Morgan fingerprint density at radius 1 is 1.41 bits per heavy atom. The molecule has 0 unspecified atom stereocenters. The number of ether oxygens (including phenoxy) is 1. The molecule has 1 fully saturated rings. The van der Waals surface area contributed by atoms with Gasteiger partial charge in [0.25, 0.3) is 0 Å². The molecule has 7 nitrogen and oxygen atoms in total. The average Bonchev–Trinajstić information content (AvgIpc) is 2.62. The second-order valence-corrected chi connectivity index (χ2v) is 8.59. The molecule has 1 heterocycles. The first kappa shape index (κ1) is 21.9. The smallest absolute Gasteiger partial charge is 0.243 e. The van der Waals surface area contributed by atoms with Crippen molar-refractivity contribution in [3.8, 4) is 0 Å². The number of benzene rings is 1. The third-order valence-corrected chi connectivity index (χ3v) is 5.79. The van der Waals surface area contributed by atoms with Gasteiger partial charge in [-0.3, -0.25) is 14.0 Å². The van der Waals surface area contributed by atoms with Gasteiger partial charge in [0, 0.05) is 26.2 Å². The quantitative estimate of drug-likeness (QED) is 0.687. The van der Waals surface area contributed by atoms with Crippen molar-refractivity contribution in [3.05, 3.63) is 29.0 Å². The minimum atomic E-state index is -3.78. The van der Waals surface area contributed by atoms with Gasteiger partial charge in [-0.1, -0.05) is 18.5 Å². The van der Waals surface area contributed by atoms with Crippen LogP contribution >= 0.6 is 11.6 Å². The monoisotopic (exact) mass is 421 g/mol. The number of anilines is 1. The SMILES string of the molecule is CC[C@H](C(=O)NCCN1CCOCC1)N(c1ccc(F)c(Cl)c1)S(C)(=O)=O. The minimum Gasteiger partial charge on any atom is -0.379 e. The fraction of sp³-hybridized carbons (Fsp3) is 0.588. The molecule has 1 saturated heterocycles. The van der Waals surface area contributed by atoms with Crippen LogP contribution in [0.5, 0.6) is 0 Å². The fourth-order valence-corrected chi connectivity index (χ4v) is 4.34. The molecule has 2 rings (SSSR count). The Morgan fingerprint density at radius 3 is 2.63 bits per heavy atom. The summed E-state index contributed by atoms with van der Waals surface area (Å²) in [4.78, 5) is 14.8. The molecule has 0 bridgehead atoms. The summed E-state index contributed by atoms with van der Waals surface area (Å²) in [7, 11) is -3.78. The molecule has 1 aliphatic heterocycles. The lowest BCUT2D eigenvalue weighted by molar-refractivity contribution is -0.122. The summed E-state index contributed by atoms with van der Waals surface area (Å²) in [6.07, 6.45) is 1.26. The number of nitrogens with one attached hydrogen (secondary N) is 1. The molecular formula is C17H25ClFN3O4S. The number of rotatable bonds is 8. The Bertz CT molecular complexity index is 757. The number of morpholine rings is 1. The maximum absolute atomic E-state index is 13.5. The Kier molecular flexibility index (Phi) is 7.84. The number of hydrogen-bond donors (Lipinski definition) is 1. The van der Waals surface area contributed by atoms with E-state index in [1.54, 1.807) is 6.92 Å². The largest absolute Gasteiger partial charge is 0.379 e. The van der Waals surface area contributed by atoms with Gasteiger partial charge in [-0.15, -0.1) is 0 Å². The van der Waals surface area contributed by atoms with Crippen LogP contribution in [0, 0.1) is 5.82 Å². The maximum Gasteiger partial charge on any atom is 0.243 e. The molecule has 1 aromatic carbocycles. The lowest BCUT2D eigenvalue weighted by Crippen LogP contribution is -2.50. The van der Waals surface area contributed by atoms with Crippen molar-refractivity contribution in [2.45, 2.75) is 19.4 Å². The molecule has 0 saturated carbocycles. The van der Waals surface area contributed by atoms with E-state index in [-0.39, 0.29) is 17.1 Å². The number of amides is 1. The van der Waals surface area contributed by atoms with Crippen LogP contribution in [0.25, 0.3) is 0 Å². The summed E-state index contributed by atoms with van der Waals surface area (Å²) in [5.74, 6) is -1.06. The highest BCUT2D eigenvalue weighted by molar-refractivity contribution is 7.92. The van der Waals surface area contributed by atoms with Crippen molar-refractivity contribution in [3.63, 3.8) is 0 Å². The van der Waals surface area contributed by atoms with Crippen LogP contribution in [-0.2, 0) is 19.6 Å². The van der Waals surface area contributed by atoms with Gasteiger partial charge in [-0.2, -0.15) is 0 Å². The van der Waals surface area contributed by atoms with Crippen LogP contribution in [-0.4, -0.2) is 70.9 Å². The molecule has 1 atom stereocenters. The molecule has 0 aromatic heterocycles. The summed E-state index contributed by atoms with van der Waals surface area (Å²) in [5.41, 5.74) is 0.152. The summed E-state index contributed by atoms with van der Waals surface area (Å²) >= 11 is 5.79. The number of hydrogen-bond acceptors (Lipinski definition) is 5. The van der Waals surface area contributed by atoms with Gasteiger partial charge in [0.05, 0.1) is 30.2 Å². The maximum atomic E-state index is 13.5. The van der Waals surface area contributed by atoms with Gasteiger partial charge in [0.1, 0.15) is 11.9 Å². The standard InChI is InChI=1S/C17H25ClFN3O4S/c1-3-16(17(23)20-6-7-21-8-10-26-11-9-21)22(27(2,24)25)13-4-5-15(19)14(18)12-13/h4-5,12,16H,3,6-11H2,1-2H3,(H,20,23)/t16-/m1/s1. The van der Waals surface area contributed by atoms with Crippen LogP contribution < -0.4 is 9.62 Å². The zero-order chi connectivity index (χ0) is 20.0. The van der Waals surface area contributed by atoms with E-state index in [0.29, 0.717) is 26.3 Å². The van der Waals surface area contributed by atoms with E-state index >= 15 is 0 Å². The van der Waals surface area contributed by atoms with Crippen LogP contribution in [0.3, 0.4) is 0 Å². The van der Waals surface area contributed by atoms with Crippen LogP contribution in [0.15, 0.2) is 18.2 Å². The van der Waals surface area contributed by atoms with E-state index in [1.165, 1.54) is 12.1 Å². The Balaban J connectivity index is 2.11. The first-order valence-corrected chi connectivity index (χ1v) is 11.0. The second-order valence-electron chi connectivity index (χ2n) is 6.33. The zero-order valence-electron chi connectivity index (χ0n) is 15.5. The molecule has 27 heavy (non-hydrogen) atoms. The summed E-state index contributed by atoms with van der Waals surface area (Å²) < 4.78 is 44.4. The Hall–Kier alpha value is -1.42.